The topological polar surface area (TPSA) is 68.9 Å². The normalized spacial score (nSPS) is 10.5. The summed E-state index contributed by atoms with van der Waals surface area (Å²) in [5, 5.41) is 11.0. The number of aromatic nitrogens is 2. The van der Waals surface area contributed by atoms with Crippen molar-refractivity contribution < 1.29 is 4.92 Å². The van der Waals surface area contributed by atoms with Crippen LogP contribution in [0.4, 0.5) is 5.69 Å². The van der Waals surface area contributed by atoms with E-state index < -0.39 is 4.92 Å². The lowest BCUT2D eigenvalue weighted by Crippen LogP contribution is -1.95. The third-order valence-corrected chi connectivity index (χ3v) is 2.52. The van der Waals surface area contributed by atoms with Crippen molar-refractivity contribution in [3.8, 4) is 0 Å². The molecule has 0 N–H and O–H groups in total. The second-order valence-electron chi connectivity index (χ2n) is 3.04. The molecule has 1 aromatic carbocycles. The molecule has 0 aliphatic carbocycles. The molecule has 2 rings (SSSR count). The molecular weight excluding hydrogens is 218 g/mol. The quantitative estimate of drug-likeness (QED) is 0.550. The molecule has 0 atom stereocenters. The largest absolute Gasteiger partial charge is 0.315 e. The predicted octanol–water partition coefficient (Wildman–Crippen LogP) is 2.50. The maximum atomic E-state index is 10.8. The Balaban J connectivity index is 2.95. The number of hydrogen-bond acceptors (Lipinski definition) is 4. The standard InChI is InChI=1S/C9H6ClN3O2/c1-5-4-6-8(12-3-2-11-6)9(7(5)10)13(14)15/h2-4H,1H3. The number of aryl methyl sites for hydroxylation is 1. The van der Waals surface area contributed by atoms with Gasteiger partial charge in [-0.25, -0.2) is 4.98 Å². The Kier molecular flexibility index (Phi) is 2.24. The van der Waals surface area contributed by atoms with Crippen molar-refractivity contribution in [3.05, 3.63) is 39.2 Å². The van der Waals surface area contributed by atoms with Crippen LogP contribution >= 0.6 is 11.6 Å². The summed E-state index contributed by atoms with van der Waals surface area (Å²) in [6.45, 7) is 1.70. The minimum Gasteiger partial charge on any atom is -0.258 e. The van der Waals surface area contributed by atoms with E-state index in [-0.39, 0.29) is 16.2 Å². The first kappa shape index (κ1) is 9.79. The molecule has 1 heterocycles. The lowest BCUT2D eigenvalue weighted by atomic mass is 10.2. The molecule has 0 saturated carbocycles. The van der Waals surface area contributed by atoms with Crippen LogP contribution in [0.15, 0.2) is 18.5 Å². The third kappa shape index (κ3) is 1.50. The molecule has 0 bridgehead atoms. The summed E-state index contributed by atoms with van der Waals surface area (Å²) in [5.74, 6) is 0. The van der Waals surface area contributed by atoms with Crippen LogP contribution in [0.1, 0.15) is 5.56 Å². The minimum atomic E-state index is -0.535. The maximum Gasteiger partial charge on any atom is 0.315 e. The summed E-state index contributed by atoms with van der Waals surface area (Å²) in [4.78, 5) is 18.2. The predicted molar refractivity (Wildman–Crippen MR) is 55.9 cm³/mol. The molecule has 76 valence electrons. The summed E-state index contributed by atoms with van der Waals surface area (Å²) in [6.07, 6.45) is 2.89. The van der Waals surface area contributed by atoms with E-state index in [2.05, 4.69) is 9.97 Å². The first-order chi connectivity index (χ1) is 7.11. The number of nitro groups is 1. The Morgan fingerprint density at radius 3 is 2.73 bits per heavy atom. The molecule has 0 unspecified atom stereocenters. The number of rotatable bonds is 1. The van der Waals surface area contributed by atoms with Crippen LogP contribution in [0.2, 0.25) is 5.02 Å². The first-order valence-corrected chi connectivity index (χ1v) is 4.53. The van der Waals surface area contributed by atoms with Crippen LogP contribution in [0, 0.1) is 17.0 Å². The summed E-state index contributed by atoms with van der Waals surface area (Å²) in [6, 6.07) is 1.68. The Labute approximate surface area is 89.9 Å². The van der Waals surface area contributed by atoms with Gasteiger partial charge in [0.05, 0.1) is 10.4 Å². The van der Waals surface area contributed by atoms with E-state index in [1.165, 1.54) is 12.4 Å². The average Bonchev–Trinajstić information content (AvgIpc) is 2.19. The highest BCUT2D eigenvalue weighted by Crippen LogP contribution is 2.33. The van der Waals surface area contributed by atoms with Gasteiger partial charge in [-0.2, -0.15) is 0 Å². The SMILES string of the molecule is Cc1cc2nccnc2c([N+](=O)[O-])c1Cl. The van der Waals surface area contributed by atoms with Gasteiger partial charge in [0.1, 0.15) is 5.02 Å². The van der Waals surface area contributed by atoms with Crippen molar-refractivity contribution >= 4 is 28.3 Å². The van der Waals surface area contributed by atoms with Gasteiger partial charge in [-0.05, 0) is 18.6 Å². The molecule has 2 aromatic rings. The molecule has 0 spiro atoms. The smallest absolute Gasteiger partial charge is 0.258 e. The minimum absolute atomic E-state index is 0.119. The lowest BCUT2D eigenvalue weighted by molar-refractivity contribution is -0.383. The van der Waals surface area contributed by atoms with Gasteiger partial charge in [-0.1, -0.05) is 11.6 Å². The van der Waals surface area contributed by atoms with Crippen LogP contribution in [0.25, 0.3) is 11.0 Å². The number of benzene rings is 1. The van der Waals surface area contributed by atoms with E-state index in [1.54, 1.807) is 13.0 Å². The van der Waals surface area contributed by atoms with E-state index in [1.807, 2.05) is 0 Å². The van der Waals surface area contributed by atoms with Gasteiger partial charge in [0.15, 0.2) is 5.52 Å². The molecule has 1 aromatic heterocycles. The molecule has 15 heavy (non-hydrogen) atoms. The third-order valence-electron chi connectivity index (χ3n) is 2.04. The summed E-state index contributed by atoms with van der Waals surface area (Å²) in [5.41, 5.74) is 1.14. The molecule has 0 aliphatic heterocycles. The monoisotopic (exact) mass is 223 g/mol. The van der Waals surface area contributed by atoms with Gasteiger partial charge in [0.25, 0.3) is 0 Å². The van der Waals surface area contributed by atoms with Crippen molar-refractivity contribution in [1.29, 1.82) is 0 Å². The van der Waals surface area contributed by atoms with Crippen LogP contribution < -0.4 is 0 Å². The molecule has 0 amide bonds. The zero-order valence-corrected chi connectivity index (χ0v) is 8.52. The van der Waals surface area contributed by atoms with E-state index in [0.29, 0.717) is 11.1 Å². The van der Waals surface area contributed by atoms with E-state index in [4.69, 9.17) is 11.6 Å². The van der Waals surface area contributed by atoms with Crippen LogP contribution in [0.3, 0.4) is 0 Å². The molecular formula is C9H6ClN3O2. The fraction of sp³-hybridized carbons (Fsp3) is 0.111. The Morgan fingerprint density at radius 1 is 1.40 bits per heavy atom. The van der Waals surface area contributed by atoms with Gasteiger partial charge in [-0.3, -0.25) is 15.1 Å². The first-order valence-electron chi connectivity index (χ1n) is 4.15. The fourth-order valence-electron chi connectivity index (χ4n) is 1.36. The number of nitro benzene ring substituents is 1. The van der Waals surface area contributed by atoms with Crippen molar-refractivity contribution in [2.45, 2.75) is 6.92 Å². The zero-order chi connectivity index (χ0) is 11.0. The van der Waals surface area contributed by atoms with Crippen LogP contribution in [-0.4, -0.2) is 14.9 Å². The van der Waals surface area contributed by atoms with Crippen molar-refractivity contribution in [2.75, 3.05) is 0 Å². The molecule has 6 heteroatoms. The highest BCUT2D eigenvalue weighted by molar-refractivity contribution is 6.34. The average molecular weight is 224 g/mol. The fourth-order valence-corrected chi connectivity index (χ4v) is 1.58. The number of nitrogens with zero attached hydrogens (tertiary/aromatic N) is 3. The maximum absolute atomic E-state index is 10.8. The Bertz CT molecular complexity index is 556. The summed E-state index contributed by atoms with van der Waals surface area (Å²) >= 11 is 5.86. The van der Waals surface area contributed by atoms with E-state index in [0.717, 1.165) is 0 Å². The van der Waals surface area contributed by atoms with Gasteiger partial charge in [0, 0.05) is 12.4 Å². The zero-order valence-electron chi connectivity index (χ0n) is 7.77. The number of halogens is 1. The summed E-state index contributed by atoms with van der Waals surface area (Å²) in [7, 11) is 0. The van der Waals surface area contributed by atoms with Crippen LogP contribution in [0.5, 0.6) is 0 Å². The Hall–Kier alpha value is -1.75. The van der Waals surface area contributed by atoms with Gasteiger partial charge < -0.3 is 0 Å². The molecule has 0 aliphatic rings. The second-order valence-corrected chi connectivity index (χ2v) is 3.42. The van der Waals surface area contributed by atoms with Crippen LogP contribution in [-0.2, 0) is 0 Å². The lowest BCUT2D eigenvalue weighted by Gasteiger charge is -2.02. The second kappa shape index (κ2) is 3.43. The highest BCUT2D eigenvalue weighted by Gasteiger charge is 2.21. The molecule has 0 radical (unpaired) electrons. The van der Waals surface area contributed by atoms with E-state index in [9.17, 15) is 10.1 Å². The van der Waals surface area contributed by atoms with Gasteiger partial charge in [0.2, 0.25) is 0 Å². The van der Waals surface area contributed by atoms with Crippen molar-refractivity contribution in [1.82, 2.24) is 9.97 Å². The highest BCUT2D eigenvalue weighted by atomic mass is 35.5. The van der Waals surface area contributed by atoms with Gasteiger partial charge in [-0.15, -0.1) is 0 Å². The Morgan fingerprint density at radius 2 is 2.07 bits per heavy atom. The van der Waals surface area contributed by atoms with Gasteiger partial charge >= 0.3 is 5.69 Å². The molecule has 0 saturated heterocycles. The molecule has 5 nitrogen and oxygen atoms in total. The number of hydrogen-bond donors (Lipinski definition) is 0. The molecule has 0 fully saturated rings. The van der Waals surface area contributed by atoms with E-state index >= 15 is 0 Å². The van der Waals surface area contributed by atoms with Crippen molar-refractivity contribution in [3.63, 3.8) is 0 Å². The summed E-state index contributed by atoms with van der Waals surface area (Å²) < 4.78 is 0. The van der Waals surface area contributed by atoms with Crippen molar-refractivity contribution in [2.24, 2.45) is 0 Å². The number of fused-ring (bicyclic) bond motifs is 1.